The monoisotopic (exact) mass is 285 g/mol. The second-order valence-electron chi connectivity index (χ2n) is 4.63. The number of pyridine rings is 1. The Kier molecular flexibility index (Phi) is 4.90. The molecule has 1 unspecified atom stereocenters. The first-order valence-corrected chi connectivity index (χ1v) is 6.86. The summed E-state index contributed by atoms with van der Waals surface area (Å²) in [5.41, 5.74) is 7.96. The van der Waals surface area contributed by atoms with Gasteiger partial charge < -0.3 is 15.8 Å². The maximum absolute atomic E-state index is 11.9. The van der Waals surface area contributed by atoms with Gasteiger partial charge in [-0.25, -0.2) is 0 Å². The summed E-state index contributed by atoms with van der Waals surface area (Å²) in [6, 6.07) is 8.71. The quantitative estimate of drug-likeness (QED) is 0.884. The fraction of sp³-hybridized carbons (Fsp3) is 0.250. The minimum atomic E-state index is -0.581. The third kappa shape index (κ3) is 3.58. The number of nitrogens with zero attached hydrogens (tertiary/aromatic N) is 1. The average molecular weight is 285 g/mol. The normalized spacial score (nSPS) is 11.8. The van der Waals surface area contributed by atoms with Crippen molar-refractivity contribution in [3.05, 3.63) is 42.7 Å². The summed E-state index contributed by atoms with van der Waals surface area (Å²) < 4.78 is 5.66. The van der Waals surface area contributed by atoms with Gasteiger partial charge in [-0.3, -0.25) is 9.78 Å². The molecule has 1 amide bonds. The SMILES string of the molecule is CCOc1cccc(NC(=O)C(C)N)c1-c1cccnc1. The first-order valence-electron chi connectivity index (χ1n) is 6.86. The van der Waals surface area contributed by atoms with E-state index in [0.717, 1.165) is 11.1 Å². The van der Waals surface area contributed by atoms with Crippen LogP contribution in [0.5, 0.6) is 5.75 Å². The molecule has 1 aromatic heterocycles. The van der Waals surface area contributed by atoms with Crippen LogP contribution >= 0.6 is 0 Å². The Morgan fingerprint density at radius 2 is 2.19 bits per heavy atom. The first-order chi connectivity index (χ1) is 10.1. The fourth-order valence-electron chi connectivity index (χ4n) is 1.97. The highest BCUT2D eigenvalue weighted by atomic mass is 16.5. The highest BCUT2D eigenvalue weighted by molar-refractivity contribution is 5.99. The number of benzene rings is 1. The summed E-state index contributed by atoms with van der Waals surface area (Å²) >= 11 is 0. The third-order valence-electron chi connectivity index (χ3n) is 2.95. The van der Waals surface area contributed by atoms with Gasteiger partial charge in [0.1, 0.15) is 5.75 Å². The Hall–Kier alpha value is -2.40. The van der Waals surface area contributed by atoms with Crippen molar-refractivity contribution in [2.45, 2.75) is 19.9 Å². The molecule has 0 bridgehead atoms. The largest absolute Gasteiger partial charge is 0.493 e. The Morgan fingerprint density at radius 3 is 2.81 bits per heavy atom. The summed E-state index contributed by atoms with van der Waals surface area (Å²) in [5, 5.41) is 2.84. The van der Waals surface area contributed by atoms with Crippen LogP contribution in [0.15, 0.2) is 42.7 Å². The van der Waals surface area contributed by atoms with E-state index in [9.17, 15) is 4.79 Å². The second kappa shape index (κ2) is 6.85. The minimum Gasteiger partial charge on any atom is -0.493 e. The lowest BCUT2D eigenvalue weighted by molar-refractivity contribution is -0.117. The predicted molar refractivity (Wildman–Crippen MR) is 83.1 cm³/mol. The standard InChI is InChI=1S/C16H19N3O2/c1-3-21-14-8-4-7-13(19-16(20)11(2)17)15(14)12-6-5-9-18-10-12/h4-11H,3,17H2,1-2H3,(H,19,20). The van der Waals surface area contributed by atoms with E-state index in [1.165, 1.54) is 0 Å². The molecule has 0 aliphatic heterocycles. The summed E-state index contributed by atoms with van der Waals surface area (Å²) in [5.74, 6) is 0.460. The van der Waals surface area contributed by atoms with Gasteiger partial charge in [0.05, 0.1) is 18.3 Å². The van der Waals surface area contributed by atoms with Crippen LogP contribution in [0, 0.1) is 0 Å². The Balaban J connectivity index is 2.49. The zero-order chi connectivity index (χ0) is 15.2. The number of rotatable bonds is 5. The molecule has 2 aromatic rings. The summed E-state index contributed by atoms with van der Waals surface area (Å²) in [7, 11) is 0. The van der Waals surface area contributed by atoms with Crippen molar-refractivity contribution in [2.24, 2.45) is 5.73 Å². The topological polar surface area (TPSA) is 77.2 Å². The maximum Gasteiger partial charge on any atom is 0.241 e. The summed E-state index contributed by atoms with van der Waals surface area (Å²) in [6.45, 7) is 4.10. The van der Waals surface area contributed by atoms with Crippen molar-refractivity contribution in [3.63, 3.8) is 0 Å². The lowest BCUT2D eigenvalue weighted by atomic mass is 10.0. The van der Waals surface area contributed by atoms with E-state index in [-0.39, 0.29) is 5.91 Å². The molecule has 0 saturated carbocycles. The number of amides is 1. The second-order valence-corrected chi connectivity index (χ2v) is 4.63. The van der Waals surface area contributed by atoms with Gasteiger partial charge in [-0.1, -0.05) is 12.1 Å². The minimum absolute atomic E-state index is 0.242. The lowest BCUT2D eigenvalue weighted by Crippen LogP contribution is -2.32. The molecule has 5 nitrogen and oxygen atoms in total. The molecule has 110 valence electrons. The molecule has 3 N–H and O–H groups in total. The molecule has 2 rings (SSSR count). The van der Waals surface area contributed by atoms with Gasteiger partial charge in [0.25, 0.3) is 0 Å². The van der Waals surface area contributed by atoms with Crippen molar-refractivity contribution in [3.8, 4) is 16.9 Å². The van der Waals surface area contributed by atoms with Crippen LogP contribution in [-0.4, -0.2) is 23.5 Å². The molecular formula is C16H19N3O2. The van der Waals surface area contributed by atoms with E-state index in [1.54, 1.807) is 19.3 Å². The van der Waals surface area contributed by atoms with Crippen molar-refractivity contribution >= 4 is 11.6 Å². The molecule has 0 saturated heterocycles. The van der Waals surface area contributed by atoms with E-state index in [2.05, 4.69) is 10.3 Å². The smallest absolute Gasteiger partial charge is 0.241 e. The number of ether oxygens (including phenoxy) is 1. The first kappa shape index (κ1) is 15.0. The van der Waals surface area contributed by atoms with Crippen molar-refractivity contribution in [2.75, 3.05) is 11.9 Å². The lowest BCUT2D eigenvalue weighted by Gasteiger charge is -2.16. The molecule has 21 heavy (non-hydrogen) atoms. The molecule has 5 heteroatoms. The van der Waals surface area contributed by atoms with E-state index >= 15 is 0 Å². The van der Waals surface area contributed by atoms with Gasteiger partial charge in [0, 0.05) is 23.5 Å². The highest BCUT2D eigenvalue weighted by Gasteiger charge is 2.15. The number of hydrogen-bond acceptors (Lipinski definition) is 4. The van der Waals surface area contributed by atoms with E-state index in [1.807, 2.05) is 37.3 Å². The molecule has 1 aromatic carbocycles. The molecule has 0 aliphatic rings. The summed E-state index contributed by atoms with van der Waals surface area (Å²) in [6.07, 6.45) is 3.44. The van der Waals surface area contributed by atoms with Crippen LogP contribution in [0.3, 0.4) is 0 Å². The van der Waals surface area contributed by atoms with Crippen LogP contribution < -0.4 is 15.8 Å². The Morgan fingerprint density at radius 1 is 1.38 bits per heavy atom. The number of nitrogens with one attached hydrogen (secondary N) is 1. The molecule has 1 heterocycles. The number of carbonyl (C=O) groups is 1. The summed E-state index contributed by atoms with van der Waals surface area (Å²) in [4.78, 5) is 16.0. The molecular weight excluding hydrogens is 266 g/mol. The number of anilines is 1. The predicted octanol–water partition coefficient (Wildman–Crippen LogP) is 2.43. The molecule has 0 radical (unpaired) electrons. The van der Waals surface area contributed by atoms with Gasteiger partial charge in [-0.2, -0.15) is 0 Å². The van der Waals surface area contributed by atoms with Crippen LogP contribution in [0.1, 0.15) is 13.8 Å². The van der Waals surface area contributed by atoms with Gasteiger partial charge in [-0.05, 0) is 32.0 Å². The van der Waals surface area contributed by atoms with Crippen LogP contribution in [0.4, 0.5) is 5.69 Å². The molecule has 0 fully saturated rings. The zero-order valence-electron chi connectivity index (χ0n) is 12.2. The number of aromatic nitrogens is 1. The van der Waals surface area contributed by atoms with Crippen LogP contribution in [0.25, 0.3) is 11.1 Å². The van der Waals surface area contributed by atoms with Crippen molar-refractivity contribution in [1.29, 1.82) is 0 Å². The van der Waals surface area contributed by atoms with E-state index in [0.29, 0.717) is 18.0 Å². The number of nitrogens with two attached hydrogens (primary N) is 1. The third-order valence-corrected chi connectivity index (χ3v) is 2.95. The number of carbonyl (C=O) groups excluding carboxylic acids is 1. The zero-order valence-corrected chi connectivity index (χ0v) is 12.2. The van der Waals surface area contributed by atoms with E-state index < -0.39 is 6.04 Å². The van der Waals surface area contributed by atoms with Crippen molar-refractivity contribution < 1.29 is 9.53 Å². The van der Waals surface area contributed by atoms with Crippen LogP contribution in [0.2, 0.25) is 0 Å². The molecule has 0 spiro atoms. The van der Waals surface area contributed by atoms with Gasteiger partial charge in [-0.15, -0.1) is 0 Å². The number of hydrogen-bond donors (Lipinski definition) is 2. The fourth-order valence-corrected chi connectivity index (χ4v) is 1.97. The molecule has 1 atom stereocenters. The highest BCUT2D eigenvalue weighted by Crippen LogP contribution is 2.36. The Labute approximate surface area is 124 Å². The maximum atomic E-state index is 11.9. The van der Waals surface area contributed by atoms with Gasteiger partial charge >= 0.3 is 0 Å². The van der Waals surface area contributed by atoms with E-state index in [4.69, 9.17) is 10.5 Å². The van der Waals surface area contributed by atoms with Gasteiger partial charge in [0.2, 0.25) is 5.91 Å². The average Bonchev–Trinajstić information content (AvgIpc) is 2.48. The Bertz CT molecular complexity index is 612. The van der Waals surface area contributed by atoms with Gasteiger partial charge in [0.15, 0.2) is 0 Å². The van der Waals surface area contributed by atoms with Crippen molar-refractivity contribution in [1.82, 2.24) is 4.98 Å². The molecule has 0 aliphatic carbocycles. The van der Waals surface area contributed by atoms with Crippen LogP contribution in [-0.2, 0) is 4.79 Å².